The lowest BCUT2D eigenvalue weighted by atomic mass is 10.1. The number of carbonyl (C=O) groups excluding carboxylic acids is 1. The Morgan fingerprint density at radius 3 is 2.89 bits per heavy atom. The van der Waals surface area contributed by atoms with Crippen molar-refractivity contribution in [1.29, 1.82) is 0 Å². The molecule has 3 aromatic rings. The molecule has 6 nitrogen and oxygen atoms in total. The van der Waals surface area contributed by atoms with Gasteiger partial charge in [0.2, 0.25) is 17.6 Å². The fraction of sp³-hybridized carbons (Fsp3) is 0.250. The number of likely N-dealkylation sites (tertiary alicyclic amines) is 1. The molecule has 1 saturated heterocycles. The molecular formula is C20H17F2N3O3. The maximum atomic E-state index is 13.9. The minimum Gasteiger partial charge on any atom is -0.497 e. The van der Waals surface area contributed by atoms with E-state index in [1.807, 2.05) is 18.2 Å². The summed E-state index contributed by atoms with van der Waals surface area (Å²) in [5.41, 5.74) is 1.00. The number of aromatic nitrogens is 2. The van der Waals surface area contributed by atoms with Crippen LogP contribution in [-0.2, 0) is 11.3 Å². The van der Waals surface area contributed by atoms with Crippen molar-refractivity contribution in [1.82, 2.24) is 15.0 Å². The average Bonchev–Trinajstić information content (AvgIpc) is 3.31. The van der Waals surface area contributed by atoms with Crippen LogP contribution in [0.25, 0.3) is 11.4 Å². The number of rotatable bonds is 5. The highest BCUT2D eigenvalue weighted by atomic mass is 19.1. The van der Waals surface area contributed by atoms with E-state index in [-0.39, 0.29) is 30.4 Å². The quantitative estimate of drug-likeness (QED) is 0.672. The molecule has 1 amide bonds. The molecule has 1 aromatic heterocycles. The topological polar surface area (TPSA) is 68.5 Å². The van der Waals surface area contributed by atoms with Crippen molar-refractivity contribution in [2.45, 2.75) is 18.9 Å². The largest absolute Gasteiger partial charge is 0.497 e. The fourth-order valence-electron chi connectivity index (χ4n) is 3.23. The molecule has 144 valence electrons. The van der Waals surface area contributed by atoms with Gasteiger partial charge in [-0.05, 0) is 18.2 Å². The number of amides is 1. The third-order valence-electron chi connectivity index (χ3n) is 4.71. The highest BCUT2D eigenvalue weighted by molar-refractivity contribution is 5.79. The van der Waals surface area contributed by atoms with Gasteiger partial charge < -0.3 is 14.2 Å². The molecule has 1 atom stereocenters. The molecule has 1 unspecified atom stereocenters. The summed E-state index contributed by atoms with van der Waals surface area (Å²) in [5, 5.41) is 3.99. The van der Waals surface area contributed by atoms with Crippen molar-refractivity contribution in [2.24, 2.45) is 0 Å². The van der Waals surface area contributed by atoms with Gasteiger partial charge in [0, 0.05) is 36.7 Å². The first-order valence-corrected chi connectivity index (χ1v) is 8.73. The maximum absolute atomic E-state index is 13.9. The summed E-state index contributed by atoms with van der Waals surface area (Å²) in [6, 6.07) is 10.6. The van der Waals surface area contributed by atoms with Crippen LogP contribution in [-0.4, -0.2) is 34.6 Å². The molecule has 2 aromatic carbocycles. The summed E-state index contributed by atoms with van der Waals surface area (Å²) in [6.07, 6.45) is 0.197. The molecule has 0 aliphatic carbocycles. The summed E-state index contributed by atoms with van der Waals surface area (Å²) in [6.45, 7) is 0.397. The molecule has 0 N–H and O–H groups in total. The van der Waals surface area contributed by atoms with Gasteiger partial charge in [-0.3, -0.25) is 4.79 Å². The SMILES string of the molecule is COc1cccc(-c2noc(C3CC(=O)N(Cc4ccc(F)cc4F)C3)n2)c1. The second-order valence-corrected chi connectivity index (χ2v) is 6.60. The second-order valence-electron chi connectivity index (χ2n) is 6.60. The highest BCUT2D eigenvalue weighted by Crippen LogP contribution is 2.30. The van der Waals surface area contributed by atoms with Gasteiger partial charge in [-0.1, -0.05) is 23.4 Å². The number of halogens is 2. The third-order valence-corrected chi connectivity index (χ3v) is 4.71. The van der Waals surface area contributed by atoms with Gasteiger partial charge in [-0.15, -0.1) is 0 Å². The molecule has 28 heavy (non-hydrogen) atoms. The van der Waals surface area contributed by atoms with Crippen LogP contribution in [0.15, 0.2) is 47.0 Å². The van der Waals surface area contributed by atoms with Gasteiger partial charge in [0.05, 0.1) is 13.0 Å². The Balaban J connectivity index is 1.49. The van der Waals surface area contributed by atoms with Gasteiger partial charge in [-0.25, -0.2) is 8.78 Å². The van der Waals surface area contributed by atoms with Gasteiger partial charge in [0.25, 0.3) is 0 Å². The predicted molar refractivity (Wildman–Crippen MR) is 95.4 cm³/mol. The minimum atomic E-state index is -0.672. The maximum Gasteiger partial charge on any atom is 0.232 e. The van der Waals surface area contributed by atoms with Crippen molar-refractivity contribution >= 4 is 5.91 Å². The van der Waals surface area contributed by atoms with Crippen LogP contribution in [0.1, 0.15) is 23.8 Å². The van der Waals surface area contributed by atoms with Gasteiger partial charge >= 0.3 is 0 Å². The normalized spacial score (nSPS) is 16.6. The number of hydrogen-bond donors (Lipinski definition) is 0. The number of benzene rings is 2. The van der Waals surface area contributed by atoms with E-state index in [4.69, 9.17) is 9.26 Å². The Labute approximate surface area is 159 Å². The zero-order valence-corrected chi connectivity index (χ0v) is 15.1. The van der Waals surface area contributed by atoms with E-state index in [0.29, 0.717) is 24.0 Å². The lowest BCUT2D eigenvalue weighted by Crippen LogP contribution is -2.25. The van der Waals surface area contributed by atoms with Crippen molar-refractivity contribution in [3.8, 4) is 17.1 Å². The van der Waals surface area contributed by atoms with Crippen LogP contribution in [0.2, 0.25) is 0 Å². The van der Waals surface area contributed by atoms with Gasteiger partial charge in [-0.2, -0.15) is 4.98 Å². The van der Waals surface area contributed by atoms with Crippen LogP contribution >= 0.6 is 0 Å². The Bertz CT molecular complexity index is 1020. The van der Waals surface area contributed by atoms with Crippen LogP contribution in [0.3, 0.4) is 0 Å². The van der Waals surface area contributed by atoms with E-state index in [1.165, 1.54) is 17.0 Å². The van der Waals surface area contributed by atoms with E-state index in [0.717, 1.165) is 11.6 Å². The minimum absolute atomic E-state index is 0.0678. The third kappa shape index (κ3) is 3.58. The smallest absolute Gasteiger partial charge is 0.232 e. The van der Waals surface area contributed by atoms with Crippen LogP contribution < -0.4 is 4.74 Å². The summed E-state index contributed by atoms with van der Waals surface area (Å²) < 4.78 is 37.5. The van der Waals surface area contributed by atoms with Crippen molar-refractivity contribution < 1.29 is 22.8 Å². The molecule has 1 fully saturated rings. The monoisotopic (exact) mass is 385 g/mol. The predicted octanol–water partition coefficient (Wildman–Crippen LogP) is 3.54. The van der Waals surface area contributed by atoms with Crippen LogP contribution in [0, 0.1) is 11.6 Å². The standard InChI is InChI=1S/C20H17F2N3O3/c1-27-16-4-2-3-12(7-16)19-23-20(28-24-19)14-8-18(26)25(11-14)10-13-5-6-15(21)9-17(13)22/h2-7,9,14H,8,10-11H2,1H3. The molecule has 1 aliphatic heterocycles. The summed E-state index contributed by atoms with van der Waals surface area (Å²) in [5.74, 6) is -0.306. The zero-order chi connectivity index (χ0) is 19.7. The van der Waals surface area contributed by atoms with E-state index < -0.39 is 11.6 Å². The summed E-state index contributed by atoms with van der Waals surface area (Å²) >= 11 is 0. The first-order valence-electron chi connectivity index (χ1n) is 8.73. The Morgan fingerprint density at radius 2 is 2.11 bits per heavy atom. The lowest BCUT2D eigenvalue weighted by molar-refractivity contribution is -0.128. The van der Waals surface area contributed by atoms with E-state index in [2.05, 4.69) is 10.1 Å². The van der Waals surface area contributed by atoms with E-state index >= 15 is 0 Å². The second kappa shape index (κ2) is 7.38. The molecule has 1 aliphatic rings. The molecule has 2 heterocycles. The van der Waals surface area contributed by atoms with E-state index in [9.17, 15) is 13.6 Å². The van der Waals surface area contributed by atoms with Crippen molar-refractivity contribution in [3.63, 3.8) is 0 Å². The van der Waals surface area contributed by atoms with Gasteiger partial charge in [0.15, 0.2) is 0 Å². The summed E-state index contributed by atoms with van der Waals surface area (Å²) in [7, 11) is 1.57. The Morgan fingerprint density at radius 1 is 1.25 bits per heavy atom. The first kappa shape index (κ1) is 18.1. The van der Waals surface area contributed by atoms with Crippen LogP contribution in [0.4, 0.5) is 8.78 Å². The zero-order valence-electron chi connectivity index (χ0n) is 15.1. The van der Waals surface area contributed by atoms with Crippen molar-refractivity contribution in [2.75, 3.05) is 13.7 Å². The molecule has 8 heteroatoms. The van der Waals surface area contributed by atoms with Crippen LogP contribution in [0.5, 0.6) is 5.75 Å². The molecule has 0 radical (unpaired) electrons. The number of ether oxygens (including phenoxy) is 1. The number of carbonyl (C=O) groups is 1. The first-order chi connectivity index (χ1) is 13.5. The molecular weight excluding hydrogens is 368 g/mol. The Kier molecular flexibility index (Phi) is 4.77. The number of hydrogen-bond acceptors (Lipinski definition) is 5. The number of nitrogens with zero attached hydrogens (tertiary/aromatic N) is 3. The van der Waals surface area contributed by atoms with Gasteiger partial charge in [0.1, 0.15) is 17.4 Å². The van der Waals surface area contributed by atoms with E-state index in [1.54, 1.807) is 13.2 Å². The molecule has 0 saturated carbocycles. The number of methoxy groups -OCH3 is 1. The molecule has 0 bridgehead atoms. The fourth-order valence-corrected chi connectivity index (χ4v) is 3.23. The summed E-state index contributed by atoms with van der Waals surface area (Å²) in [4.78, 5) is 18.2. The Hall–Kier alpha value is -3.29. The molecule has 4 rings (SSSR count). The van der Waals surface area contributed by atoms with Crippen molar-refractivity contribution in [3.05, 3.63) is 65.6 Å². The molecule has 0 spiro atoms. The lowest BCUT2D eigenvalue weighted by Gasteiger charge is -2.16. The highest BCUT2D eigenvalue weighted by Gasteiger charge is 2.34. The average molecular weight is 385 g/mol.